The Labute approximate surface area is 596 Å². The van der Waals surface area contributed by atoms with Crippen molar-refractivity contribution in [3.63, 3.8) is 0 Å². The van der Waals surface area contributed by atoms with Crippen LogP contribution in [-0.2, 0) is 90.2 Å². The molecule has 9 atom stereocenters. The van der Waals surface area contributed by atoms with Crippen LogP contribution in [0, 0.1) is 0 Å². The van der Waals surface area contributed by atoms with E-state index in [9.17, 15) is 33.6 Å². The van der Waals surface area contributed by atoms with Gasteiger partial charge in [-0.25, -0.2) is 4.79 Å². The lowest BCUT2D eigenvalue weighted by Gasteiger charge is -2.30. The molecular formula is C70H96N18O13S. The average Bonchev–Trinajstić information content (AvgIpc) is 1.65. The highest BCUT2D eigenvalue weighted by atomic mass is 32.2. The Kier molecular flexibility index (Phi) is 29.6. The lowest BCUT2D eigenvalue weighted by atomic mass is 9.98. The fourth-order valence-electron chi connectivity index (χ4n) is 12.1. The maximum Gasteiger partial charge on any atom is 0.315 e. The molecule has 2 fully saturated rings. The third-order valence-corrected chi connectivity index (χ3v) is 19.1. The second kappa shape index (κ2) is 38.8. The highest BCUT2D eigenvalue weighted by molar-refractivity contribution is 8.00. The number of aliphatic imine (C=N–C) groups is 1. The summed E-state index contributed by atoms with van der Waals surface area (Å²) in [4.78, 5) is 144. The first kappa shape index (κ1) is 77.8. The number of urea groups is 1. The van der Waals surface area contributed by atoms with Gasteiger partial charge >= 0.3 is 6.03 Å². The third kappa shape index (κ3) is 23.9. The molecule has 0 aliphatic carbocycles. The van der Waals surface area contributed by atoms with Crippen molar-refractivity contribution in [3.05, 3.63) is 126 Å². The summed E-state index contributed by atoms with van der Waals surface area (Å²) < 4.78 is 20.2. The summed E-state index contributed by atoms with van der Waals surface area (Å²) in [5, 5.41) is 37.9. The summed E-state index contributed by atoms with van der Waals surface area (Å²) in [5.41, 5.74) is 18.3. The van der Waals surface area contributed by atoms with Crippen LogP contribution in [0.1, 0.15) is 94.0 Å². The molecule has 11 amide bonds. The molecule has 5 aromatic rings. The van der Waals surface area contributed by atoms with E-state index >= 15 is 14.4 Å². The van der Waals surface area contributed by atoms with E-state index in [1.165, 1.54) is 24.7 Å². The minimum Gasteiger partial charge on any atom is -0.377 e. The van der Waals surface area contributed by atoms with Gasteiger partial charge in [0.1, 0.15) is 54.1 Å². The van der Waals surface area contributed by atoms with Gasteiger partial charge in [-0.1, -0.05) is 97.1 Å². The zero-order chi connectivity index (χ0) is 73.1. The van der Waals surface area contributed by atoms with Crippen LogP contribution < -0.4 is 70.4 Å². The zero-order valence-corrected chi connectivity index (χ0v) is 58.7. The molecule has 0 saturated carbocycles. The monoisotopic (exact) mass is 1430 g/mol. The fraction of sp³-hybridized carbons (Fsp3) is 0.500. The van der Waals surface area contributed by atoms with Gasteiger partial charge < -0.3 is 89.1 Å². The lowest BCUT2D eigenvalue weighted by molar-refractivity contribution is -0.137. The Bertz CT molecular complexity index is 3740. The van der Waals surface area contributed by atoms with Crippen LogP contribution in [0.4, 0.5) is 4.79 Å². The van der Waals surface area contributed by atoms with Crippen LogP contribution in [0.3, 0.4) is 0 Å². The predicted molar refractivity (Wildman–Crippen MR) is 382 cm³/mol. The number of guanidine groups is 1. The summed E-state index contributed by atoms with van der Waals surface area (Å²) in [6.45, 7) is 7.79. The number of aromatic nitrogens is 4. The molecule has 31 nitrogen and oxygen atoms in total. The Morgan fingerprint density at radius 2 is 1.29 bits per heavy atom. The molecule has 4 unspecified atom stereocenters. The number of nitrogens with two attached hydrogens (primary N) is 3. The van der Waals surface area contributed by atoms with Gasteiger partial charge in [-0.15, -0.1) is 5.10 Å². The Hall–Kier alpha value is -9.92. The number of carbonyl (C=O) groups excluding carboxylic acids is 10. The maximum absolute atomic E-state index is 15.1. The zero-order valence-electron chi connectivity index (χ0n) is 57.9. The van der Waals surface area contributed by atoms with Crippen molar-refractivity contribution >= 4 is 93.4 Å². The van der Waals surface area contributed by atoms with Crippen LogP contribution in [-0.4, -0.2) is 202 Å². The smallest absolute Gasteiger partial charge is 0.315 e. The third-order valence-electron chi connectivity index (χ3n) is 17.6. The van der Waals surface area contributed by atoms with E-state index < -0.39 is 95.7 Å². The molecule has 16 N–H and O–H groups in total. The minimum atomic E-state index is -1.70. The van der Waals surface area contributed by atoms with Gasteiger partial charge in [0.05, 0.1) is 51.3 Å². The minimum absolute atomic E-state index is 0.0260. The van der Waals surface area contributed by atoms with Gasteiger partial charge in [-0.2, -0.15) is 11.8 Å². The number of nitrogens with zero attached hydrogens (tertiary/aromatic N) is 5. The summed E-state index contributed by atoms with van der Waals surface area (Å²) in [6, 6.07) is 16.7. The number of rotatable bonds is 28. The molecule has 550 valence electrons. The van der Waals surface area contributed by atoms with Gasteiger partial charge in [0.15, 0.2) is 5.96 Å². The number of thioether (sulfide) groups is 1. The van der Waals surface area contributed by atoms with Crippen LogP contribution in [0.15, 0.2) is 109 Å². The second-order valence-electron chi connectivity index (χ2n) is 26.0. The number of para-hydroxylation sites is 1. The standard InChI is InChI=1S/C70H96N18O13S/c1-43-53-40-88(86-85-53)30-16-15-23-48(61(71)91)80-67(97)70(2,3)84-65(95)52(38-46-39-87(4)55-25-12-11-22-47(46)55)78-64(94)50(36-44-18-7-5-8-19-44)77-62(92)49(24-17-28-75-68(72)73)76-63(93)51(37-45-20-9-6-10-21-45)79-66(96)59(43)82-58(90)41-101-35-34-100-33-32-99-31-29-74-57(89)27-14-13-26-56-60-54(42-102-56)81-69(98)83-60/h5-12,18-22,25,39-40,48-52,54,56,59-60H,1,13-17,23-24,26-38,41-42H2,2-4H3,(H2,71,91)(H,74,89)(H,76,93)(H,77,92)(H,78,94)(H,79,96)(H,80,97)(H,82,90)(H,84,95)(H4,72,73,75)(H2,81,83,98)/t48?,49-,50?,51?,52+,54+,56?,59+,60+/m1/s1. The number of fused-ring (bicyclic) bond motifs is 4. The van der Waals surface area contributed by atoms with Crippen LogP contribution in [0.2, 0.25) is 0 Å². The number of carbonyl (C=O) groups is 10. The summed E-state index contributed by atoms with van der Waals surface area (Å²) in [7, 11) is 1.84. The van der Waals surface area contributed by atoms with E-state index in [2.05, 4.69) is 75.1 Å². The highest BCUT2D eigenvalue weighted by Gasteiger charge is 2.43. The SMILES string of the molecule is C=C1c2cn(nn2)CCCCC(C(N)=O)NC(=O)C(C)(C)NC(=O)[C@H](Cc2cn(C)c3ccccc23)NC(=O)C(Cc2ccccc2)NC(=O)[C@@H](CCCN=C(N)N)NC(=O)C(Cc2ccccc2)NC(=O)[C@H]1NC(=O)COCCOCCOCCNC(=O)CCCCC1SC[C@@H]2NC(=O)N[C@H]12. The average molecular weight is 1430 g/mol. The molecule has 3 aliphatic rings. The van der Waals surface area contributed by atoms with E-state index in [1.54, 1.807) is 60.7 Å². The lowest BCUT2D eigenvalue weighted by Crippen LogP contribution is -2.63. The summed E-state index contributed by atoms with van der Waals surface area (Å²) in [6.07, 6.45) is 6.73. The van der Waals surface area contributed by atoms with Crippen LogP contribution in [0.5, 0.6) is 0 Å². The second-order valence-corrected chi connectivity index (χ2v) is 27.3. The number of amides is 11. The number of benzene rings is 3. The van der Waals surface area contributed by atoms with E-state index in [0.29, 0.717) is 47.7 Å². The normalized spacial score (nSPS) is 22.4. The molecule has 8 rings (SSSR count). The molecule has 32 heteroatoms. The molecule has 3 aromatic carbocycles. The molecule has 5 heterocycles. The topological polar surface area (TPSA) is 445 Å². The van der Waals surface area contributed by atoms with E-state index in [4.69, 9.17) is 31.4 Å². The number of hydrogen-bond acceptors (Lipinski definition) is 17. The molecule has 0 spiro atoms. The first-order valence-corrected chi connectivity index (χ1v) is 35.4. The van der Waals surface area contributed by atoms with E-state index in [1.807, 2.05) is 53.8 Å². The van der Waals surface area contributed by atoms with Crippen molar-refractivity contribution in [2.75, 3.05) is 58.5 Å². The summed E-state index contributed by atoms with van der Waals surface area (Å²) in [5.74, 6) is -5.92. The van der Waals surface area contributed by atoms with Crippen molar-refractivity contribution in [2.24, 2.45) is 29.2 Å². The van der Waals surface area contributed by atoms with Crippen molar-refractivity contribution in [1.29, 1.82) is 0 Å². The van der Waals surface area contributed by atoms with Crippen LogP contribution in [0.25, 0.3) is 16.5 Å². The quantitative estimate of drug-likeness (QED) is 0.0135. The number of hydrogen-bond donors (Lipinski definition) is 13. The number of nitrogens with one attached hydrogen (secondary N) is 10. The van der Waals surface area contributed by atoms with Gasteiger partial charge in [0.25, 0.3) is 0 Å². The Balaban J connectivity index is 0.977. The largest absolute Gasteiger partial charge is 0.377 e. The number of ether oxygens (including phenoxy) is 3. The fourth-order valence-corrected chi connectivity index (χ4v) is 13.7. The molecule has 0 radical (unpaired) electrons. The van der Waals surface area contributed by atoms with E-state index in [0.717, 1.165) is 35.9 Å². The van der Waals surface area contributed by atoms with E-state index in [-0.39, 0.29) is 126 Å². The Morgan fingerprint density at radius 1 is 0.676 bits per heavy atom. The first-order chi connectivity index (χ1) is 49.0. The molecular weight excluding hydrogens is 1330 g/mol. The number of aryl methyl sites for hydroxylation is 2. The number of primary amides is 1. The van der Waals surface area contributed by atoms with Crippen molar-refractivity contribution in [1.82, 2.24) is 72.7 Å². The Morgan fingerprint density at radius 3 is 1.97 bits per heavy atom. The van der Waals surface area contributed by atoms with Gasteiger partial charge in [-0.3, -0.25) is 52.8 Å². The van der Waals surface area contributed by atoms with Crippen LogP contribution >= 0.6 is 11.8 Å². The van der Waals surface area contributed by atoms with Crippen molar-refractivity contribution in [2.45, 2.75) is 157 Å². The number of unbranched alkanes of at least 4 members (excludes halogenated alkanes) is 1. The van der Waals surface area contributed by atoms with Gasteiger partial charge in [0, 0.05) is 86.0 Å². The van der Waals surface area contributed by atoms with Gasteiger partial charge in [-0.05, 0) is 81.5 Å². The molecule has 2 saturated heterocycles. The predicted octanol–water partition coefficient (Wildman–Crippen LogP) is -0.0707. The first-order valence-electron chi connectivity index (χ1n) is 34.4. The molecule has 2 aromatic heterocycles. The summed E-state index contributed by atoms with van der Waals surface area (Å²) >= 11 is 1.85. The van der Waals surface area contributed by atoms with Crippen molar-refractivity contribution in [3.8, 4) is 0 Å². The molecule has 2 bridgehead atoms. The molecule has 102 heavy (non-hydrogen) atoms. The maximum atomic E-state index is 15.1. The van der Waals surface area contributed by atoms with Gasteiger partial charge in [0.2, 0.25) is 53.2 Å². The van der Waals surface area contributed by atoms with Crippen molar-refractivity contribution < 1.29 is 62.2 Å². The highest BCUT2D eigenvalue weighted by Crippen LogP contribution is 2.33. The molecule has 3 aliphatic heterocycles.